The minimum Gasteiger partial charge on any atom is -0.409 e. The predicted octanol–water partition coefficient (Wildman–Crippen LogP) is 2.02. The summed E-state index contributed by atoms with van der Waals surface area (Å²) in [6, 6.07) is 0.691. The van der Waals surface area contributed by atoms with Gasteiger partial charge in [0, 0.05) is 25.6 Å². The number of amidine groups is 1. The molecule has 1 saturated heterocycles. The summed E-state index contributed by atoms with van der Waals surface area (Å²) in [5.41, 5.74) is 5.95. The lowest BCUT2D eigenvalue weighted by atomic mass is 9.92. The highest BCUT2D eigenvalue weighted by atomic mass is 16.4. The molecule has 2 rings (SSSR count). The molecule has 2 unspecified atom stereocenters. The lowest BCUT2D eigenvalue weighted by molar-refractivity contribution is 0.100. The van der Waals surface area contributed by atoms with Crippen LogP contribution in [0.2, 0.25) is 0 Å². The molecule has 2 fully saturated rings. The molecule has 4 heteroatoms. The Balaban J connectivity index is 1.91. The van der Waals surface area contributed by atoms with Crippen LogP contribution in [0.5, 0.6) is 0 Å². The van der Waals surface area contributed by atoms with E-state index in [2.05, 4.69) is 23.9 Å². The molecular formula is C13H25N3O. The van der Waals surface area contributed by atoms with Gasteiger partial charge in [0.25, 0.3) is 0 Å². The van der Waals surface area contributed by atoms with Crippen LogP contribution in [0.3, 0.4) is 0 Å². The van der Waals surface area contributed by atoms with Crippen LogP contribution in [0.1, 0.15) is 46.0 Å². The zero-order valence-corrected chi connectivity index (χ0v) is 11.0. The summed E-state index contributed by atoms with van der Waals surface area (Å²) >= 11 is 0. The smallest absolute Gasteiger partial charge is 0.139 e. The van der Waals surface area contributed by atoms with Gasteiger partial charge in [0.2, 0.25) is 0 Å². The Hall–Kier alpha value is -0.770. The largest absolute Gasteiger partial charge is 0.409 e. The highest BCUT2D eigenvalue weighted by Crippen LogP contribution is 2.50. The van der Waals surface area contributed by atoms with E-state index in [-0.39, 0.29) is 0 Å². The quantitative estimate of drug-likeness (QED) is 0.341. The van der Waals surface area contributed by atoms with Crippen molar-refractivity contribution in [3.63, 3.8) is 0 Å². The Morgan fingerprint density at radius 2 is 2.12 bits per heavy atom. The fraction of sp³-hybridized carbons (Fsp3) is 0.923. The Bertz CT molecular complexity index is 299. The van der Waals surface area contributed by atoms with Gasteiger partial charge in [-0.15, -0.1) is 0 Å². The summed E-state index contributed by atoms with van der Waals surface area (Å²) in [7, 11) is 0. The van der Waals surface area contributed by atoms with Gasteiger partial charge in [-0.3, -0.25) is 4.90 Å². The molecule has 2 atom stereocenters. The van der Waals surface area contributed by atoms with Gasteiger partial charge >= 0.3 is 0 Å². The van der Waals surface area contributed by atoms with Gasteiger partial charge in [-0.1, -0.05) is 12.1 Å². The van der Waals surface area contributed by atoms with Crippen molar-refractivity contribution in [3.8, 4) is 0 Å². The number of likely N-dealkylation sites (tertiary alicyclic amines) is 1. The molecule has 0 aromatic heterocycles. The molecule has 98 valence electrons. The normalized spacial score (nSPS) is 33.6. The fourth-order valence-corrected chi connectivity index (χ4v) is 3.02. The number of hydrogen-bond donors (Lipinski definition) is 2. The van der Waals surface area contributed by atoms with Crippen molar-refractivity contribution >= 4 is 5.84 Å². The van der Waals surface area contributed by atoms with E-state index in [1.165, 1.54) is 32.2 Å². The maximum absolute atomic E-state index is 8.68. The average molecular weight is 239 g/mol. The van der Waals surface area contributed by atoms with E-state index in [1.807, 2.05) is 0 Å². The van der Waals surface area contributed by atoms with Crippen LogP contribution in [0, 0.1) is 11.3 Å². The molecule has 0 radical (unpaired) electrons. The first-order valence-electron chi connectivity index (χ1n) is 6.75. The zero-order valence-electron chi connectivity index (χ0n) is 11.0. The minimum absolute atomic E-state index is 0.307. The number of rotatable bonds is 4. The standard InChI is InChI=1S/C13H25N3O/c1-10-3-4-11(2)16(8-10)9-13(5-6-13)7-12(14)15-17/h10-11,17H,3-9H2,1-2H3,(H2,14,15). The van der Waals surface area contributed by atoms with E-state index in [0.29, 0.717) is 17.3 Å². The van der Waals surface area contributed by atoms with Crippen molar-refractivity contribution in [2.75, 3.05) is 13.1 Å². The maximum Gasteiger partial charge on any atom is 0.139 e. The second-order valence-corrected chi connectivity index (χ2v) is 6.23. The second kappa shape index (κ2) is 4.84. The third-order valence-corrected chi connectivity index (χ3v) is 4.43. The Kier molecular flexibility index (Phi) is 3.61. The van der Waals surface area contributed by atoms with Gasteiger partial charge in [-0.05, 0) is 43.9 Å². The van der Waals surface area contributed by atoms with Gasteiger partial charge in [0.15, 0.2) is 0 Å². The first-order valence-corrected chi connectivity index (χ1v) is 6.75. The van der Waals surface area contributed by atoms with Gasteiger partial charge in [-0.2, -0.15) is 0 Å². The molecule has 0 aromatic carbocycles. The molecule has 4 nitrogen and oxygen atoms in total. The van der Waals surface area contributed by atoms with E-state index in [4.69, 9.17) is 10.9 Å². The molecule has 0 amide bonds. The topological polar surface area (TPSA) is 61.8 Å². The van der Waals surface area contributed by atoms with Crippen molar-refractivity contribution in [1.29, 1.82) is 0 Å². The van der Waals surface area contributed by atoms with Crippen LogP contribution in [-0.2, 0) is 0 Å². The molecule has 1 heterocycles. The Morgan fingerprint density at radius 3 is 2.71 bits per heavy atom. The molecule has 0 aromatic rings. The van der Waals surface area contributed by atoms with Crippen molar-refractivity contribution in [3.05, 3.63) is 0 Å². The summed E-state index contributed by atoms with van der Waals surface area (Å²) in [4.78, 5) is 2.60. The summed E-state index contributed by atoms with van der Waals surface area (Å²) in [5, 5.41) is 11.8. The van der Waals surface area contributed by atoms with Crippen LogP contribution in [-0.4, -0.2) is 35.1 Å². The van der Waals surface area contributed by atoms with E-state index < -0.39 is 0 Å². The van der Waals surface area contributed by atoms with E-state index in [0.717, 1.165) is 18.9 Å². The second-order valence-electron chi connectivity index (χ2n) is 6.23. The lowest BCUT2D eigenvalue weighted by Gasteiger charge is -2.39. The molecule has 2 aliphatic rings. The van der Waals surface area contributed by atoms with Crippen molar-refractivity contribution in [2.45, 2.75) is 52.0 Å². The zero-order chi connectivity index (χ0) is 12.5. The third-order valence-electron chi connectivity index (χ3n) is 4.43. The van der Waals surface area contributed by atoms with Crippen LogP contribution >= 0.6 is 0 Å². The monoisotopic (exact) mass is 239 g/mol. The van der Waals surface area contributed by atoms with Crippen molar-refractivity contribution in [2.24, 2.45) is 22.2 Å². The number of piperidine rings is 1. The van der Waals surface area contributed by atoms with Crippen LogP contribution in [0.25, 0.3) is 0 Å². The third kappa shape index (κ3) is 3.12. The van der Waals surface area contributed by atoms with Crippen LogP contribution < -0.4 is 5.73 Å². The van der Waals surface area contributed by atoms with Crippen LogP contribution in [0.15, 0.2) is 5.16 Å². The summed E-state index contributed by atoms with van der Waals surface area (Å²) in [6.07, 6.45) is 5.86. The minimum atomic E-state index is 0.307. The number of oxime groups is 1. The van der Waals surface area contributed by atoms with Gasteiger partial charge in [0.05, 0.1) is 0 Å². The predicted molar refractivity (Wildman–Crippen MR) is 69.1 cm³/mol. The number of hydrogen-bond acceptors (Lipinski definition) is 3. The van der Waals surface area contributed by atoms with E-state index >= 15 is 0 Å². The van der Waals surface area contributed by atoms with Gasteiger partial charge in [0.1, 0.15) is 5.84 Å². The van der Waals surface area contributed by atoms with E-state index in [1.54, 1.807) is 0 Å². The molecule has 0 bridgehead atoms. The highest BCUT2D eigenvalue weighted by molar-refractivity contribution is 5.80. The highest BCUT2D eigenvalue weighted by Gasteiger charge is 2.45. The SMILES string of the molecule is CC1CCC(C)N(CC2(CC(N)=NO)CC2)C1. The molecule has 0 spiro atoms. The van der Waals surface area contributed by atoms with Gasteiger partial charge < -0.3 is 10.9 Å². The summed E-state index contributed by atoms with van der Waals surface area (Å²) in [5.74, 6) is 1.20. The molecule has 17 heavy (non-hydrogen) atoms. The lowest BCUT2D eigenvalue weighted by Crippen LogP contribution is -2.44. The average Bonchev–Trinajstić information content (AvgIpc) is 3.03. The first kappa shape index (κ1) is 12.7. The molecule has 1 aliphatic carbocycles. The summed E-state index contributed by atoms with van der Waals surface area (Å²) < 4.78 is 0. The maximum atomic E-state index is 8.68. The van der Waals surface area contributed by atoms with Crippen molar-refractivity contribution in [1.82, 2.24) is 4.90 Å². The van der Waals surface area contributed by atoms with E-state index in [9.17, 15) is 0 Å². The fourth-order valence-electron chi connectivity index (χ4n) is 3.02. The number of nitrogens with two attached hydrogens (primary N) is 1. The first-order chi connectivity index (χ1) is 8.04. The van der Waals surface area contributed by atoms with Crippen molar-refractivity contribution < 1.29 is 5.21 Å². The molecular weight excluding hydrogens is 214 g/mol. The van der Waals surface area contributed by atoms with Crippen LogP contribution in [0.4, 0.5) is 0 Å². The summed E-state index contributed by atoms with van der Waals surface area (Å²) in [6.45, 7) is 6.99. The molecule has 1 saturated carbocycles. The van der Waals surface area contributed by atoms with Gasteiger partial charge in [-0.25, -0.2) is 0 Å². The number of nitrogens with zero attached hydrogens (tertiary/aromatic N) is 2. The molecule has 3 N–H and O–H groups in total. The molecule has 1 aliphatic heterocycles. The Labute approximate surface area is 104 Å². The Morgan fingerprint density at radius 1 is 1.41 bits per heavy atom.